The van der Waals surface area contributed by atoms with Gasteiger partial charge < -0.3 is 9.64 Å². The van der Waals surface area contributed by atoms with E-state index in [-0.39, 0.29) is 5.82 Å². The highest BCUT2D eigenvalue weighted by molar-refractivity contribution is 9.10. The molecule has 0 amide bonds. The molecule has 0 saturated carbocycles. The number of rotatable bonds is 5. The van der Waals surface area contributed by atoms with Crippen LogP contribution in [0.3, 0.4) is 0 Å². The molecule has 2 nitrogen and oxygen atoms in total. The highest BCUT2D eigenvalue weighted by atomic mass is 79.9. The summed E-state index contributed by atoms with van der Waals surface area (Å²) in [4.78, 5) is 2.12. The SMILES string of the molecule is CCN(Cc1ccc(OC)c(Br)c1)c1cccc(F)c1. The molecule has 0 radical (unpaired) electrons. The molecule has 0 aromatic heterocycles. The maximum Gasteiger partial charge on any atom is 0.133 e. The first kappa shape index (κ1) is 14.9. The van der Waals surface area contributed by atoms with Crippen LogP contribution in [-0.2, 0) is 6.54 Å². The highest BCUT2D eigenvalue weighted by Crippen LogP contribution is 2.27. The molecule has 0 fully saturated rings. The quantitative estimate of drug-likeness (QED) is 0.789. The predicted octanol–water partition coefficient (Wildman–Crippen LogP) is 4.62. The Labute approximate surface area is 127 Å². The van der Waals surface area contributed by atoms with Crippen LogP contribution in [0.25, 0.3) is 0 Å². The maximum atomic E-state index is 13.3. The molecule has 0 spiro atoms. The van der Waals surface area contributed by atoms with Crippen LogP contribution in [0.5, 0.6) is 5.75 Å². The molecule has 0 aliphatic rings. The largest absolute Gasteiger partial charge is 0.496 e. The summed E-state index contributed by atoms with van der Waals surface area (Å²) in [5.41, 5.74) is 2.03. The number of halogens is 2. The van der Waals surface area contributed by atoms with Crippen LogP contribution in [0.4, 0.5) is 10.1 Å². The third-order valence-corrected chi connectivity index (χ3v) is 3.76. The number of benzene rings is 2. The van der Waals surface area contributed by atoms with Gasteiger partial charge in [-0.2, -0.15) is 0 Å². The van der Waals surface area contributed by atoms with E-state index < -0.39 is 0 Å². The Balaban J connectivity index is 2.20. The predicted molar refractivity (Wildman–Crippen MR) is 83.8 cm³/mol. The fourth-order valence-corrected chi connectivity index (χ4v) is 2.68. The van der Waals surface area contributed by atoms with E-state index in [0.29, 0.717) is 0 Å². The summed E-state index contributed by atoms with van der Waals surface area (Å²) in [5, 5.41) is 0. The molecule has 0 atom stereocenters. The molecule has 0 N–H and O–H groups in total. The normalized spacial score (nSPS) is 10.4. The molecule has 0 aliphatic heterocycles. The first-order chi connectivity index (χ1) is 9.63. The molecule has 2 aromatic rings. The molecule has 0 heterocycles. The standard InChI is InChI=1S/C16H17BrFNO/c1-3-19(14-6-4-5-13(18)10-14)11-12-7-8-16(20-2)15(17)9-12/h4-10H,3,11H2,1-2H3. The average Bonchev–Trinajstić information content (AvgIpc) is 2.45. The smallest absolute Gasteiger partial charge is 0.133 e. The summed E-state index contributed by atoms with van der Waals surface area (Å²) in [6.45, 7) is 3.60. The minimum Gasteiger partial charge on any atom is -0.496 e. The number of ether oxygens (including phenoxy) is 1. The molecule has 4 heteroatoms. The number of hydrogen-bond acceptors (Lipinski definition) is 2. The summed E-state index contributed by atoms with van der Waals surface area (Å²) < 4.78 is 19.5. The van der Waals surface area contributed by atoms with E-state index >= 15 is 0 Å². The van der Waals surface area contributed by atoms with E-state index in [1.54, 1.807) is 19.2 Å². The van der Waals surface area contributed by atoms with Crippen LogP contribution < -0.4 is 9.64 Å². The second-order valence-corrected chi connectivity index (χ2v) is 5.32. The van der Waals surface area contributed by atoms with Gasteiger partial charge in [0.25, 0.3) is 0 Å². The fraction of sp³-hybridized carbons (Fsp3) is 0.250. The minimum absolute atomic E-state index is 0.211. The average molecular weight is 338 g/mol. The van der Waals surface area contributed by atoms with Crippen molar-refractivity contribution in [2.24, 2.45) is 0 Å². The monoisotopic (exact) mass is 337 g/mol. The van der Waals surface area contributed by atoms with Crippen LogP contribution in [0.1, 0.15) is 12.5 Å². The van der Waals surface area contributed by atoms with Crippen molar-refractivity contribution in [3.63, 3.8) is 0 Å². The van der Waals surface area contributed by atoms with Crippen molar-refractivity contribution in [3.8, 4) is 5.75 Å². The lowest BCUT2D eigenvalue weighted by Crippen LogP contribution is -2.22. The van der Waals surface area contributed by atoms with Crippen molar-refractivity contribution in [2.45, 2.75) is 13.5 Å². The van der Waals surface area contributed by atoms with Gasteiger partial charge in [0.2, 0.25) is 0 Å². The number of nitrogens with zero attached hydrogens (tertiary/aromatic N) is 1. The summed E-state index contributed by atoms with van der Waals surface area (Å²) in [6.07, 6.45) is 0. The minimum atomic E-state index is -0.211. The Morgan fingerprint density at radius 1 is 1.20 bits per heavy atom. The lowest BCUT2D eigenvalue weighted by molar-refractivity contribution is 0.412. The Kier molecular flexibility index (Phi) is 5.01. The molecular weight excluding hydrogens is 321 g/mol. The Bertz CT molecular complexity index is 588. The number of hydrogen-bond donors (Lipinski definition) is 0. The summed E-state index contributed by atoms with van der Waals surface area (Å²) >= 11 is 3.48. The van der Waals surface area contributed by atoms with Crippen LogP contribution in [0, 0.1) is 5.82 Å². The number of methoxy groups -OCH3 is 1. The Hall–Kier alpha value is -1.55. The van der Waals surface area contributed by atoms with Gasteiger partial charge in [0, 0.05) is 18.8 Å². The zero-order chi connectivity index (χ0) is 14.5. The Morgan fingerprint density at radius 3 is 2.60 bits per heavy atom. The summed E-state index contributed by atoms with van der Waals surface area (Å²) in [5.74, 6) is 0.597. The molecule has 0 unspecified atom stereocenters. The van der Waals surface area contributed by atoms with Gasteiger partial charge in [-0.25, -0.2) is 4.39 Å². The number of anilines is 1. The van der Waals surface area contributed by atoms with Gasteiger partial charge in [-0.05, 0) is 58.7 Å². The molecular formula is C16H17BrFNO. The second kappa shape index (κ2) is 6.75. The van der Waals surface area contributed by atoms with Crippen molar-refractivity contribution < 1.29 is 9.13 Å². The third-order valence-electron chi connectivity index (χ3n) is 3.14. The van der Waals surface area contributed by atoms with Gasteiger partial charge in [0.1, 0.15) is 11.6 Å². The fourth-order valence-electron chi connectivity index (χ4n) is 2.09. The molecule has 106 valence electrons. The third kappa shape index (κ3) is 3.51. The first-order valence-electron chi connectivity index (χ1n) is 6.47. The molecule has 0 saturated heterocycles. The molecule has 0 aliphatic carbocycles. The van der Waals surface area contributed by atoms with Gasteiger partial charge in [0.15, 0.2) is 0 Å². The zero-order valence-electron chi connectivity index (χ0n) is 11.6. The summed E-state index contributed by atoms with van der Waals surface area (Å²) in [6, 6.07) is 12.6. The topological polar surface area (TPSA) is 12.5 Å². The highest BCUT2D eigenvalue weighted by Gasteiger charge is 2.08. The molecule has 2 rings (SSSR count). The van der Waals surface area contributed by atoms with Crippen LogP contribution >= 0.6 is 15.9 Å². The van der Waals surface area contributed by atoms with E-state index in [1.165, 1.54) is 6.07 Å². The first-order valence-corrected chi connectivity index (χ1v) is 7.26. The lowest BCUT2D eigenvalue weighted by atomic mass is 10.2. The van der Waals surface area contributed by atoms with Crippen molar-refractivity contribution in [2.75, 3.05) is 18.6 Å². The molecule has 2 aromatic carbocycles. The van der Waals surface area contributed by atoms with E-state index in [9.17, 15) is 4.39 Å². The van der Waals surface area contributed by atoms with E-state index in [4.69, 9.17) is 4.74 Å². The van der Waals surface area contributed by atoms with Crippen molar-refractivity contribution in [3.05, 3.63) is 58.3 Å². The van der Waals surface area contributed by atoms with Crippen LogP contribution in [0.15, 0.2) is 46.9 Å². The van der Waals surface area contributed by atoms with Gasteiger partial charge in [-0.3, -0.25) is 0 Å². The van der Waals surface area contributed by atoms with Crippen LogP contribution in [-0.4, -0.2) is 13.7 Å². The molecule has 20 heavy (non-hydrogen) atoms. The van der Waals surface area contributed by atoms with Gasteiger partial charge in [-0.1, -0.05) is 12.1 Å². The van der Waals surface area contributed by atoms with Crippen molar-refractivity contribution in [1.29, 1.82) is 0 Å². The van der Waals surface area contributed by atoms with E-state index in [1.807, 2.05) is 24.3 Å². The van der Waals surface area contributed by atoms with Crippen molar-refractivity contribution in [1.82, 2.24) is 0 Å². The van der Waals surface area contributed by atoms with Gasteiger partial charge in [0.05, 0.1) is 11.6 Å². The molecule has 0 bridgehead atoms. The Morgan fingerprint density at radius 2 is 2.00 bits per heavy atom. The second-order valence-electron chi connectivity index (χ2n) is 4.46. The van der Waals surface area contributed by atoms with Gasteiger partial charge >= 0.3 is 0 Å². The summed E-state index contributed by atoms with van der Waals surface area (Å²) in [7, 11) is 1.64. The van der Waals surface area contributed by atoms with Crippen molar-refractivity contribution >= 4 is 21.6 Å². The zero-order valence-corrected chi connectivity index (χ0v) is 13.2. The lowest BCUT2D eigenvalue weighted by Gasteiger charge is -2.23. The maximum absolute atomic E-state index is 13.3. The van der Waals surface area contributed by atoms with E-state index in [0.717, 1.165) is 34.6 Å². The van der Waals surface area contributed by atoms with Gasteiger partial charge in [-0.15, -0.1) is 0 Å². The van der Waals surface area contributed by atoms with Crippen LogP contribution in [0.2, 0.25) is 0 Å². The van der Waals surface area contributed by atoms with E-state index in [2.05, 4.69) is 27.8 Å².